The lowest BCUT2D eigenvalue weighted by molar-refractivity contribution is -0.221. The SMILES string of the molecule is CCC(C)(C)C(=O)OC(C)(C)CC(C)(C)C.CCC(C)(C)C(=O)OC(C)C(C)(C)C.CCC(C)(C)C(=O)OC(C)C(F)(F)F.CCC(C)(C)C(=O)OC1(C)CCCC1.CCC(C)(C)C(=O)OC1(C)CCCCC1.CCC(C)(C)C(=O)OC1C(C(C)C)CC(C(C)(C)C)CC1C(C)C.CCC(C)(C)C(=O)OC1CC(C)C(C(C)(C)C)CC1C(C)(C)C.CCC(C)c1c(F)c(F)c(F)c(F)c1F.CCC(C)c1ccc(C(C)C)cc1. The number of ether oxygens (including phenoxy) is 7. The minimum atomic E-state index is -4.49. The number of halogens is 8. The molecule has 14 nitrogen and oxygen atoms in total. The maximum absolute atomic E-state index is 13.1. The average molecular weight is 2120 g/mol. The van der Waals surface area contributed by atoms with Crippen LogP contribution in [0.3, 0.4) is 0 Å². The molecule has 6 rings (SSSR count). The van der Waals surface area contributed by atoms with Gasteiger partial charge in [0, 0.05) is 11.5 Å². The molecule has 4 fully saturated rings. The second kappa shape index (κ2) is 60.5. The number of hydrogen-bond donors (Lipinski definition) is 0. The first-order valence-electron chi connectivity index (χ1n) is 56.7. The van der Waals surface area contributed by atoms with Crippen LogP contribution in [0.4, 0.5) is 35.1 Å². The Morgan fingerprint density at radius 1 is 0.358 bits per heavy atom. The van der Waals surface area contributed by atoms with Gasteiger partial charge in [0.05, 0.1) is 37.9 Å². The molecule has 0 spiro atoms. The molecule has 2 aromatic rings. The first kappa shape index (κ1) is 146. The minimum Gasteiger partial charge on any atom is -0.462 e. The number of alkyl halides is 3. The van der Waals surface area contributed by atoms with Crippen molar-refractivity contribution in [3.05, 3.63) is 70.0 Å². The number of benzene rings is 2. The summed E-state index contributed by atoms with van der Waals surface area (Å²) in [6.07, 6.45) is 16.0. The van der Waals surface area contributed by atoms with E-state index in [4.69, 9.17) is 28.4 Å². The Hall–Kier alpha value is -5.83. The summed E-state index contributed by atoms with van der Waals surface area (Å²) in [7, 11) is 0. The van der Waals surface area contributed by atoms with Gasteiger partial charge in [-0.05, 0) is 377 Å². The molecule has 0 heterocycles. The zero-order valence-corrected chi connectivity index (χ0v) is 104. The fourth-order valence-electron chi connectivity index (χ4n) is 17.4. The lowest BCUT2D eigenvalue weighted by Gasteiger charge is -2.49. The summed E-state index contributed by atoms with van der Waals surface area (Å²) in [5.41, 5.74) is -0.666. The highest BCUT2D eigenvalue weighted by Crippen LogP contribution is 2.53. The third-order valence-electron chi connectivity index (χ3n) is 32.9. The molecule has 0 bridgehead atoms. The third-order valence-corrected chi connectivity index (χ3v) is 32.9. The first-order valence-corrected chi connectivity index (χ1v) is 56.7. The molecule has 2 aromatic carbocycles. The van der Waals surface area contributed by atoms with Gasteiger partial charge in [-0.2, -0.15) is 13.2 Å². The van der Waals surface area contributed by atoms with Gasteiger partial charge < -0.3 is 33.2 Å². The van der Waals surface area contributed by atoms with Crippen LogP contribution in [0.15, 0.2) is 24.3 Å². The van der Waals surface area contributed by atoms with Crippen molar-refractivity contribution in [1.82, 2.24) is 0 Å². The van der Waals surface area contributed by atoms with E-state index in [1.165, 1.54) is 69.4 Å². The van der Waals surface area contributed by atoms with Gasteiger partial charge in [-0.15, -0.1) is 0 Å². The Kier molecular flexibility index (Phi) is 59.8. The number of carbonyl (C=O) groups is 7. The fourth-order valence-corrected chi connectivity index (χ4v) is 17.4. The van der Waals surface area contributed by atoms with Crippen molar-refractivity contribution < 1.29 is 102 Å². The van der Waals surface area contributed by atoms with Crippen LogP contribution in [-0.4, -0.2) is 89.2 Å². The van der Waals surface area contributed by atoms with E-state index in [-0.39, 0.29) is 120 Å². The molecule has 0 N–H and O–H groups in total. The molecule has 0 aliphatic heterocycles. The van der Waals surface area contributed by atoms with Crippen LogP contribution < -0.4 is 0 Å². The molecular formula is C126H224F8O14. The maximum atomic E-state index is 13.1. The Balaban J connectivity index is -0.00000161. The van der Waals surface area contributed by atoms with Crippen LogP contribution >= 0.6 is 0 Å². The van der Waals surface area contributed by atoms with E-state index in [0.717, 1.165) is 90.4 Å². The minimum absolute atomic E-state index is 0.0134. The lowest BCUT2D eigenvalue weighted by Crippen LogP contribution is -2.48. The first-order chi connectivity index (χ1) is 66.5. The van der Waals surface area contributed by atoms with Crippen molar-refractivity contribution in [3.8, 4) is 0 Å². The second-order valence-electron chi connectivity index (χ2n) is 56.0. The van der Waals surface area contributed by atoms with Crippen LogP contribution in [0.1, 0.15) is 549 Å². The number of esters is 7. The summed E-state index contributed by atoms with van der Waals surface area (Å²) in [6, 6.07) is 9.05. The quantitative estimate of drug-likeness (QED) is 0.0246. The van der Waals surface area contributed by atoms with Gasteiger partial charge in [0.1, 0.15) is 35.1 Å². The predicted octanol–water partition coefficient (Wildman–Crippen LogP) is 38.1. The molecule has 10 unspecified atom stereocenters. The monoisotopic (exact) mass is 2110 g/mol. The Labute approximate surface area is 900 Å². The zero-order chi connectivity index (χ0) is 117. The van der Waals surface area contributed by atoms with Crippen LogP contribution in [0, 0.1) is 141 Å². The molecule has 4 aliphatic carbocycles. The van der Waals surface area contributed by atoms with Gasteiger partial charge in [0.15, 0.2) is 29.4 Å². The molecule has 10 atom stereocenters. The highest BCUT2D eigenvalue weighted by Gasteiger charge is 2.51. The summed E-state index contributed by atoms with van der Waals surface area (Å²) in [4.78, 5) is 84.1. The molecule has 148 heavy (non-hydrogen) atoms. The van der Waals surface area contributed by atoms with Crippen molar-refractivity contribution in [1.29, 1.82) is 0 Å². The Morgan fingerprint density at radius 3 is 0.959 bits per heavy atom. The van der Waals surface area contributed by atoms with E-state index >= 15 is 0 Å². The van der Waals surface area contributed by atoms with Crippen molar-refractivity contribution in [2.45, 2.75) is 580 Å². The van der Waals surface area contributed by atoms with Crippen molar-refractivity contribution >= 4 is 41.8 Å². The molecular weight excluding hydrogens is 1890 g/mol. The highest BCUT2D eigenvalue weighted by atomic mass is 19.4. The topological polar surface area (TPSA) is 184 Å². The molecule has 0 aromatic heterocycles. The summed E-state index contributed by atoms with van der Waals surface area (Å²) in [5, 5.41) is 0. The average Bonchev–Trinajstić information content (AvgIpc) is 0.902. The van der Waals surface area contributed by atoms with Crippen LogP contribution in [0.2, 0.25) is 0 Å². The summed E-state index contributed by atoms with van der Waals surface area (Å²) in [6.45, 7) is 109. The van der Waals surface area contributed by atoms with Gasteiger partial charge in [-0.1, -0.05) is 259 Å². The number of hydrogen-bond acceptors (Lipinski definition) is 14. The summed E-state index contributed by atoms with van der Waals surface area (Å²) < 4.78 is 139. The molecule has 22 heteroatoms. The fraction of sp³-hybridized carbons (Fsp3) is 0.849. The Morgan fingerprint density at radius 2 is 0.662 bits per heavy atom. The van der Waals surface area contributed by atoms with E-state index in [1.807, 2.05) is 132 Å². The van der Waals surface area contributed by atoms with Crippen LogP contribution in [-0.2, 0) is 66.7 Å². The van der Waals surface area contributed by atoms with Crippen molar-refractivity contribution in [3.63, 3.8) is 0 Å². The van der Waals surface area contributed by atoms with E-state index in [2.05, 4.69) is 223 Å². The zero-order valence-electron chi connectivity index (χ0n) is 104. The predicted molar refractivity (Wildman–Crippen MR) is 597 cm³/mol. The molecule has 0 radical (unpaired) electrons. The van der Waals surface area contributed by atoms with E-state index < -0.39 is 64.2 Å². The number of rotatable bonds is 29. The van der Waals surface area contributed by atoms with Gasteiger partial charge in [-0.3, -0.25) is 33.6 Å². The molecule has 0 saturated heterocycles. The molecule has 4 aliphatic rings. The van der Waals surface area contributed by atoms with Gasteiger partial charge in [0.2, 0.25) is 5.82 Å². The Bertz CT molecular complexity index is 4150. The molecule has 0 amide bonds. The van der Waals surface area contributed by atoms with E-state index in [9.17, 15) is 68.7 Å². The van der Waals surface area contributed by atoms with E-state index in [1.54, 1.807) is 27.7 Å². The summed E-state index contributed by atoms with van der Waals surface area (Å²) in [5.74, 6) is -5.43. The van der Waals surface area contributed by atoms with Gasteiger partial charge >= 0.3 is 48.0 Å². The number of carbonyl (C=O) groups excluding carboxylic acids is 7. The van der Waals surface area contributed by atoms with Gasteiger partial charge in [-0.25, -0.2) is 22.0 Å². The maximum Gasteiger partial charge on any atom is 0.425 e. The molecule has 868 valence electrons. The standard InChI is InChI=1S/C22H42O2.C21H40O2.C14H28O2.C13H24O2.C13H20.C12H22O2.C12H24O2.C10H9F5.C9H15F3O2/c1-11-22(9,10)20(23)24-19-17(14(2)3)12-16(21(6,7)8)13-18(19)15(4)5;1-11-21(9,10)18(22)23-17-12-14(2)15(19(3,4)5)13-16(17)20(6,7)8;1-9-13(5,6)11(15)16-14(7,8)10-12(2,3)4;1-5-12(2,3)11(14)15-13(4)9-7-6-8-10-13;1-5-11(4)13-8-6-12(7-9-13)10(2)3;1-5-11(2,3)10(13)14-12(4)8-6-7-9-12;1-8-12(6,7)10(13)14-9(2)11(3,4)5;1-3-4(2)5-6(11)8(13)10(15)9(14)7(5)12;1-5-8(3,4)7(13)14-6(2)9(10,11)12/h14-19H,11-13H2,1-10H3;14-17H,11-13H2,1-10H3;9-10H2,1-8H3;5-10H2,1-4H3;6-11H,5H2,1-4H3;5-9H2,1-4H3;9H,8H2,1-7H3;4H,3H2,1-2H3;6H,5H2,1-4H3. The summed E-state index contributed by atoms with van der Waals surface area (Å²) >= 11 is 0. The highest BCUT2D eigenvalue weighted by molar-refractivity contribution is 5.79. The normalized spacial score (nSPS) is 20.4. The van der Waals surface area contributed by atoms with Gasteiger partial charge in [0.25, 0.3) is 0 Å². The molecule has 4 saturated carbocycles. The lowest BCUT2D eigenvalue weighted by atomic mass is 9.58. The van der Waals surface area contributed by atoms with Crippen LogP contribution in [0.25, 0.3) is 0 Å². The van der Waals surface area contributed by atoms with E-state index in [0.29, 0.717) is 82.9 Å². The third kappa shape index (κ3) is 49.9. The van der Waals surface area contributed by atoms with Crippen molar-refractivity contribution in [2.75, 3.05) is 0 Å². The van der Waals surface area contributed by atoms with Crippen molar-refractivity contribution in [2.24, 2.45) is 112 Å². The largest absolute Gasteiger partial charge is 0.462 e. The smallest absolute Gasteiger partial charge is 0.425 e. The second-order valence-corrected chi connectivity index (χ2v) is 56.0. The van der Waals surface area contributed by atoms with Crippen LogP contribution in [0.5, 0.6) is 0 Å².